The number of aliphatic carboxylic acids is 1. The van der Waals surface area contributed by atoms with E-state index in [2.05, 4.69) is 9.44 Å². The maximum absolute atomic E-state index is 11.5. The van der Waals surface area contributed by atoms with Crippen LogP contribution >= 0.6 is 0 Å². The molecule has 0 aromatic rings. The van der Waals surface area contributed by atoms with E-state index < -0.39 is 22.1 Å². The number of carboxylic acid groups (broad SMARTS) is 1. The van der Waals surface area contributed by atoms with Gasteiger partial charge in [-0.3, -0.25) is 4.79 Å². The molecule has 0 amide bonds. The van der Waals surface area contributed by atoms with Crippen molar-refractivity contribution in [3.63, 3.8) is 0 Å². The first kappa shape index (κ1) is 18.3. The van der Waals surface area contributed by atoms with Gasteiger partial charge in [-0.15, -0.1) is 0 Å². The predicted octanol–water partition coefficient (Wildman–Crippen LogP) is 0.194. The molecule has 0 aliphatic heterocycles. The first-order valence-corrected chi connectivity index (χ1v) is 7.52. The normalized spacial score (nSPS) is 14.3. The monoisotopic (exact) mass is 296 g/mol. The van der Waals surface area contributed by atoms with Crippen molar-refractivity contribution in [1.29, 1.82) is 0 Å². The van der Waals surface area contributed by atoms with Crippen LogP contribution in [0.25, 0.3) is 0 Å². The second-order valence-corrected chi connectivity index (χ2v) is 7.12. The number of nitrogens with one attached hydrogen (secondary N) is 2. The summed E-state index contributed by atoms with van der Waals surface area (Å²) in [6.45, 7) is 6.00. The average molecular weight is 296 g/mol. The Labute approximate surface area is 114 Å². The van der Waals surface area contributed by atoms with Crippen LogP contribution in [0, 0.1) is 11.3 Å². The van der Waals surface area contributed by atoms with Crippen LogP contribution < -0.4 is 9.44 Å². The van der Waals surface area contributed by atoms with E-state index in [0.29, 0.717) is 6.42 Å². The number of carbonyl (C=O) groups is 1. The molecule has 7 nitrogen and oxygen atoms in total. The molecule has 0 rings (SSSR count). The molecule has 114 valence electrons. The first-order chi connectivity index (χ1) is 8.57. The molecular weight excluding hydrogens is 272 g/mol. The molecule has 1 unspecified atom stereocenters. The molecule has 0 heterocycles. The molecule has 0 aromatic heterocycles. The van der Waals surface area contributed by atoms with Gasteiger partial charge < -0.3 is 9.84 Å². The van der Waals surface area contributed by atoms with Gasteiger partial charge in [0.2, 0.25) is 0 Å². The summed E-state index contributed by atoms with van der Waals surface area (Å²) in [7, 11) is -2.22. The van der Waals surface area contributed by atoms with Gasteiger partial charge in [-0.1, -0.05) is 20.8 Å². The van der Waals surface area contributed by atoms with Gasteiger partial charge in [0.1, 0.15) is 0 Å². The second-order valence-electron chi connectivity index (χ2n) is 5.54. The minimum absolute atomic E-state index is 0.130. The highest BCUT2D eigenvalue weighted by molar-refractivity contribution is 7.87. The fraction of sp³-hybridized carbons (Fsp3) is 0.909. The minimum Gasteiger partial charge on any atom is -0.481 e. The van der Waals surface area contributed by atoms with E-state index in [4.69, 9.17) is 9.84 Å². The summed E-state index contributed by atoms with van der Waals surface area (Å²) in [4.78, 5) is 11.1. The zero-order valence-corrected chi connectivity index (χ0v) is 12.7. The number of hydrogen-bond acceptors (Lipinski definition) is 4. The highest BCUT2D eigenvalue weighted by Gasteiger charge is 2.25. The van der Waals surface area contributed by atoms with Crippen molar-refractivity contribution >= 4 is 16.2 Å². The zero-order valence-electron chi connectivity index (χ0n) is 11.9. The van der Waals surface area contributed by atoms with Crippen molar-refractivity contribution in [3.8, 4) is 0 Å². The fourth-order valence-corrected chi connectivity index (χ4v) is 2.40. The standard InChI is InChI=1S/C11H24N2O5S/c1-11(2,3)7-9(10(14)15)8-13-19(16,17)12-5-6-18-4/h9,12-13H,5-8H2,1-4H3,(H,14,15). The minimum atomic E-state index is -3.68. The van der Waals surface area contributed by atoms with Gasteiger partial charge in [-0.05, 0) is 11.8 Å². The lowest BCUT2D eigenvalue weighted by molar-refractivity contribution is -0.142. The van der Waals surface area contributed by atoms with Crippen LogP contribution in [0.3, 0.4) is 0 Å². The van der Waals surface area contributed by atoms with Crippen molar-refractivity contribution in [3.05, 3.63) is 0 Å². The third-order valence-corrected chi connectivity index (χ3v) is 3.46. The SMILES string of the molecule is COCCNS(=O)(=O)NCC(CC(C)(C)C)C(=O)O. The molecule has 0 saturated carbocycles. The molecule has 1 atom stereocenters. The van der Waals surface area contributed by atoms with Gasteiger partial charge >= 0.3 is 5.97 Å². The summed E-state index contributed by atoms with van der Waals surface area (Å²) in [5.74, 6) is -1.76. The van der Waals surface area contributed by atoms with Crippen LogP contribution in [0.15, 0.2) is 0 Å². The van der Waals surface area contributed by atoms with Gasteiger partial charge in [-0.2, -0.15) is 13.1 Å². The molecule has 0 aliphatic rings. The average Bonchev–Trinajstić information content (AvgIpc) is 2.22. The Hall–Kier alpha value is -0.700. The molecule has 0 bridgehead atoms. The van der Waals surface area contributed by atoms with Gasteiger partial charge in [0, 0.05) is 20.2 Å². The maximum Gasteiger partial charge on any atom is 0.307 e. The van der Waals surface area contributed by atoms with E-state index in [9.17, 15) is 13.2 Å². The van der Waals surface area contributed by atoms with Gasteiger partial charge in [0.15, 0.2) is 0 Å². The van der Waals surface area contributed by atoms with E-state index in [-0.39, 0.29) is 25.1 Å². The summed E-state index contributed by atoms with van der Waals surface area (Å²) in [6.07, 6.45) is 0.392. The van der Waals surface area contributed by atoms with Crippen LogP contribution in [0.2, 0.25) is 0 Å². The van der Waals surface area contributed by atoms with Crippen molar-refractivity contribution in [2.24, 2.45) is 11.3 Å². The number of carboxylic acids is 1. The van der Waals surface area contributed by atoms with Gasteiger partial charge in [-0.25, -0.2) is 4.72 Å². The van der Waals surface area contributed by atoms with Crippen LogP contribution in [0.1, 0.15) is 27.2 Å². The zero-order chi connectivity index (χ0) is 15.1. The lowest BCUT2D eigenvalue weighted by Crippen LogP contribution is -2.42. The molecule has 0 saturated heterocycles. The molecule has 0 radical (unpaired) electrons. The molecule has 0 spiro atoms. The lowest BCUT2D eigenvalue weighted by atomic mass is 9.85. The topological polar surface area (TPSA) is 105 Å². The molecule has 3 N–H and O–H groups in total. The molecule has 8 heteroatoms. The second kappa shape index (κ2) is 7.78. The largest absolute Gasteiger partial charge is 0.481 e. The van der Waals surface area contributed by atoms with E-state index in [1.165, 1.54) is 7.11 Å². The Kier molecular flexibility index (Phi) is 7.50. The van der Waals surface area contributed by atoms with Crippen molar-refractivity contribution < 1.29 is 23.1 Å². The Balaban J connectivity index is 4.35. The predicted molar refractivity (Wildman–Crippen MR) is 72.0 cm³/mol. The molecule has 0 aliphatic carbocycles. The van der Waals surface area contributed by atoms with Crippen LogP contribution in [0.4, 0.5) is 0 Å². The van der Waals surface area contributed by atoms with Crippen molar-refractivity contribution in [1.82, 2.24) is 9.44 Å². The summed E-state index contributed by atoms with van der Waals surface area (Å²) >= 11 is 0. The Morgan fingerprint density at radius 2 is 1.89 bits per heavy atom. The van der Waals surface area contributed by atoms with E-state index in [0.717, 1.165) is 0 Å². The van der Waals surface area contributed by atoms with Crippen LogP contribution in [-0.4, -0.2) is 46.3 Å². The van der Waals surface area contributed by atoms with Gasteiger partial charge in [0.25, 0.3) is 10.2 Å². The molecule has 0 fully saturated rings. The summed E-state index contributed by atoms with van der Waals surface area (Å²) in [6, 6.07) is 0. The van der Waals surface area contributed by atoms with Gasteiger partial charge in [0.05, 0.1) is 12.5 Å². The third kappa shape index (κ3) is 9.83. The first-order valence-electron chi connectivity index (χ1n) is 6.03. The smallest absolute Gasteiger partial charge is 0.307 e. The lowest BCUT2D eigenvalue weighted by Gasteiger charge is -2.23. The third-order valence-electron chi connectivity index (χ3n) is 2.33. The molecule has 19 heavy (non-hydrogen) atoms. The summed E-state index contributed by atoms with van der Waals surface area (Å²) in [5.41, 5.74) is -0.183. The molecule has 0 aromatic carbocycles. The Morgan fingerprint density at radius 3 is 2.32 bits per heavy atom. The quantitative estimate of drug-likeness (QED) is 0.527. The Morgan fingerprint density at radius 1 is 1.32 bits per heavy atom. The number of rotatable bonds is 9. The van der Waals surface area contributed by atoms with E-state index in [1.807, 2.05) is 20.8 Å². The van der Waals surface area contributed by atoms with E-state index in [1.54, 1.807) is 0 Å². The number of methoxy groups -OCH3 is 1. The number of hydrogen-bond donors (Lipinski definition) is 3. The highest BCUT2D eigenvalue weighted by atomic mass is 32.2. The summed E-state index contributed by atoms with van der Waals surface area (Å²) < 4.78 is 32.3. The van der Waals surface area contributed by atoms with E-state index >= 15 is 0 Å². The van der Waals surface area contributed by atoms with Crippen LogP contribution in [0.5, 0.6) is 0 Å². The number of ether oxygens (including phenoxy) is 1. The van der Waals surface area contributed by atoms with Crippen molar-refractivity contribution in [2.75, 3.05) is 26.8 Å². The Bertz CT molecular complexity index is 375. The maximum atomic E-state index is 11.5. The van der Waals surface area contributed by atoms with Crippen LogP contribution in [-0.2, 0) is 19.7 Å². The van der Waals surface area contributed by atoms with Crippen molar-refractivity contribution in [2.45, 2.75) is 27.2 Å². The fourth-order valence-electron chi connectivity index (χ4n) is 1.53. The summed E-state index contributed by atoms with van der Waals surface area (Å²) in [5, 5.41) is 9.07. The molecular formula is C11H24N2O5S. The highest BCUT2D eigenvalue weighted by Crippen LogP contribution is 2.24.